The number of carbonyl (C=O) groups excluding carboxylic acids is 1. The van der Waals surface area contributed by atoms with Crippen molar-refractivity contribution >= 4 is 15.7 Å². The molecule has 0 aliphatic carbocycles. The van der Waals surface area contributed by atoms with Crippen molar-refractivity contribution in [1.29, 1.82) is 0 Å². The van der Waals surface area contributed by atoms with E-state index in [0.29, 0.717) is 19.0 Å². The number of hydrogen-bond donors (Lipinski definition) is 1. The molecule has 0 radical (unpaired) electrons. The molecule has 1 heterocycles. The van der Waals surface area contributed by atoms with Crippen LogP contribution in [0.15, 0.2) is 0 Å². The second kappa shape index (κ2) is 6.43. The molecule has 1 amide bonds. The van der Waals surface area contributed by atoms with E-state index in [2.05, 4.69) is 5.32 Å². The summed E-state index contributed by atoms with van der Waals surface area (Å²) < 4.78 is 22.4. The number of rotatable bonds is 6. The number of amides is 1. The van der Waals surface area contributed by atoms with Gasteiger partial charge in [-0.15, -0.1) is 0 Å². The predicted octanol–water partition coefficient (Wildman–Crippen LogP) is 1.05. The molecule has 0 aromatic carbocycles. The van der Waals surface area contributed by atoms with Gasteiger partial charge in [-0.1, -0.05) is 13.8 Å². The van der Waals surface area contributed by atoms with Crippen molar-refractivity contribution in [3.8, 4) is 0 Å². The topological polar surface area (TPSA) is 66.5 Å². The van der Waals surface area contributed by atoms with Crippen LogP contribution in [0.4, 0.5) is 0 Å². The first-order valence-corrected chi connectivity index (χ1v) is 9.17. The molecule has 1 aliphatic heterocycles. The third-order valence-electron chi connectivity index (χ3n) is 3.92. The fourth-order valence-corrected chi connectivity index (χ4v) is 2.85. The Morgan fingerprint density at radius 1 is 1.40 bits per heavy atom. The largest absolute Gasteiger partial charge is 0.340 e. The lowest BCUT2D eigenvalue weighted by Crippen LogP contribution is -2.53. The lowest BCUT2D eigenvalue weighted by Gasteiger charge is -2.33. The second-order valence-corrected chi connectivity index (χ2v) is 9.24. The molecule has 6 heteroatoms. The van der Waals surface area contributed by atoms with Crippen molar-refractivity contribution in [2.24, 2.45) is 5.92 Å². The van der Waals surface area contributed by atoms with E-state index in [-0.39, 0.29) is 11.9 Å². The van der Waals surface area contributed by atoms with Gasteiger partial charge in [-0.05, 0) is 39.2 Å². The number of sulfone groups is 1. The summed E-state index contributed by atoms with van der Waals surface area (Å²) in [6, 6.07) is 0.285. The first-order chi connectivity index (χ1) is 9.05. The average molecular weight is 304 g/mol. The smallest absolute Gasteiger partial charge is 0.243 e. The summed E-state index contributed by atoms with van der Waals surface area (Å²) in [4.78, 5) is 14.4. The minimum Gasteiger partial charge on any atom is -0.340 e. The van der Waals surface area contributed by atoms with Crippen LogP contribution in [0.2, 0.25) is 0 Å². The lowest BCUT2D eigenvalue weighted by atomic mass is 10.1. The fraction of sp³-hybridized carbons (Fsp3) is 0.929. The molecule has 1 N–H and O–H groups in total. The summed E-state index contributed by atoms with van der Waals surface area (Å²) in [5.74, 6) is 0.0260. The van der Waals surface area contributed by atoms with Crippen molar-refractivity contribution in [2.45, 2.75) is 51.3 Å². The highest BCUT2D eigenvalue weighted by molar-refractivity contribution is 7.92. The van der Waals surface area contributed by atoms with Crippen molar-refractivity contribution in [3.05, 3.63) is 0 Å². The van der Waals surface area contributed by atoms with Crippen LogP contribution in [0.1, 0.15) is 40.5 Å². The van der Waals surface area contributed by atoms with E-state index in [1.54, 1.807) is 4.90 Å². The van der Waals surface area contributed by atoms with Crippen molar-refractivity contribution in [2.75, 3.05) is 25.9 Å². The van der Waals surface area contributed by atoms with Crippen molar-refractivity contribution in [3.63, 3.8) is 0 Å². The van der Waals surface area contributed by atoms with Gasteiger partial charge in [0.05, 0.1) is 0 Å². The molecular weight excluding hydrogens is 276 g/mol. The minimum atomic E-state index is -3.43. The van der Waals surface area contributed by atoms with Gasteiger partial charge in [0.25, 0.3) is 0 Å². The van der Waals surface area contributed by atoms with E-state index in [1.165, 1.54) is 13.8 Å². The van der Waals surface area contributed by atoms with Crippen LogP contribution in [-0.4, -0.2) is 55.9 Å². The third-order valence-corrected chi connectivity index (χ3v) is 5.95. The molecule has 1 saturated heterocycles. The van der Waals surface area contributed by atoms with Gasteiger partial charge in [0.2, 0.25) is 5.91 Å². The van der Waals surface area contributed by atoms with Gasteiger partial charge in [0.15, 0.2) is 9.84 Å². The van der Waals surface area contributed by atoms with E-state index >= 15 is 0 Å². The molecule has 0 spiro atoms. The maximum absolute atomic E-state index is 12.7. The molecule has 1 fully saturated rings. The van der Waals surface area contributed by atoms with Crippen molar-refractivity contribution in [1.82, 2.24) is 10.2 Å². The fourth-order valence-electron chi connectivity index (χ4n) is 2.40. The zero-order chi connectivity index (χ0) is 15.6. The molecule has 0 bridgehead atoms. The Kier molecular flexibility index (Phi) is 5.61. The average Bonchev–Trinajstić information content (AvgIpc) is 2.77. The number of carbonyl (C=O) groups is 1. The van der Waals surface area contributed by atoms with Gasteiger partial charge in [-0.2, -0.15) is 0 Å². The van der Waals surface area contributed by atoms with E-state index in [9.17, 15) is 13.2 Å². The Morgan fingerprint density at radius 2 is 2.00 bits per heavy atom. The first kappa shape index (κ1) is 17.4. The Bertz CT molecular complexity index is 437. The summed E-state index contributed by atoms with van der Waals surface area (Å²) in [6.45, 7) is 9.24. The Balaban J connectivity index is 2.89. The summed E-state index contributed by atoms with van der Waals surface area (Å²) in [5.41, 5.74) is 0. The minimum absolute atomic E-state index is 0.285. The van der Waals surface area contributed by atoms with Gasteiger partial charge >= 0.3 is 0 Å². The van der Waals surface area contributed by atoms with Gasteiger partial charge in [-0.25, -0.2) is 8.42 Å². The van der Waals surface area contributed by atoms with E-state index in [0.717, 1.165) is 25.6 Å². The van der Waals surface area contributed by atoms with Gasteiger partial charge in [-0.3, -0.25) is 4.79 Å². The monoisotopic (exact) mass is 304 g/mol. The molecule has 118 valence electrons. The molecule has 5 nitrogen and oxygen atoms in total. The zero-order valence-electron chi connectivity index (χ0n) is 13.3. The Labute approximate surface area is 123 Å². The molecular formula is C14H28N2O3S. The summed E-state index contributed by atoms with van der Waals surface area (Å²) in [6.07, 6.45) is 3.29. The molecule has 1 rings (SSSR count). The standard InChI is InChI=1S/C14H28N2O3S/c1-11(2)9-16(10-12-7-6-8-15-12)13(17)14(3,4)20(5,18)19/h11-12,15H,6-10H2,1-5H3. The number of hydrogen-bond acceptors (Lipinski definition) is 4. The second-order valence-electron chi connectivity index (χ2n) is 6.68. The van der Waals surface area contributed by atoms with Crippen molar-refractivity contribution < 1.29 is 13.2 Å². The predicted molar refractivity (Wildman–Crippen MR) is 81.4 cm³/mol. The van der Waals surface area contributed by atoms with Gasteiger partial charge in [0.1, 0.15) is 4.75 Å². The molecule has 0 aromatic heterocycles. The molecule has 0 saturated carbocycles. The van der Waals surface area contributed by atoms with Gasteiger partial charge < -0.3 is 10.2 Å². The quantitative estimate of drug-likeness (QED) is 0.796. The zero-order valence-corrected chi connectivity index (χ0v) is 14.1. The summed E-state index contributed by atoms with van der Waals surface area (Å²) in [7, 11) is -3.43. The maximum Gasteiger partial charge on any atom is 0.243 e. The van der Waals surface area contributed by atoms with E-state index in [1.807, 2.05) is 13.8 Å². The summed E-state index contributed by atoms with van der Waals surface area (Å²) >= 11 is 0. The molecule has 20 heavy (non-hydrogen) atoms. The van der Waals surface area contributed by atoms with Crippen LogP contribution in [0, 0.1) is 5.92 Å². The van der Waals surface area contributed by atoms with E-state index < -0.39 is 14.6 Å². The normalized spacial score (nSPS) is 20.4. The van der Waals surface area contributed by atoms with E-state index in [4.69, 9.17) is 0 Å². The number of nitrogens with zero attached hydrogens (tertiary/aromatic N) is 1. The van der Waals surface area contributed by atoms with Crippen LogP contribution in [-0.2, 0) is 14.6 Å². The first-order valence-electron chi connectivity index (χ1n) is 7.28. The van der Waals surface area contributed by atoms with Crippen LogP contribution in [0.5, 0.6) is 0 Å². The molecule has 1 unspecified atom stereocenters. The molecule has 1 atom stereocenters. The SMILES string of the molecule is CC(C)CN(CC1CCCN1)C(=O)C(C)(C)S(C)(=O)=O. The maximum atomic E-state index is 12.7. The Hall–Kier alpha value is -0.620. The van der Waals surface area contributed by atoms with Crippen LogP contribution >= 0.6 is 0 Å². The Morgan fingerprint density at radius 3 is 2.40 bits per heavy atom. The van der Waals surface area contributed by atoms with Crippen LogP contribution < -0.4 is 5.32 Å². The van der Waals surface area contributed by atoms with Crippen LogP contribution in [0.3, 0.4) is 0 Å². The van der Waals surface area contributed by atoms with Crippen LogP contribution in [0.25, 0.3) is 0 Å². The highest BCUT2D eigenvalue weighted by Crippen LogP contribution is 2.20. The lowest BCUT2D eigenvalue weighted by molar-refractivity contribution is -0.134. The molecule has 1 aliphatic rings. The number of nitrogens with one attached hydrogen (secondary N) is 1. The highest BCUT2D eigenvalue weighted by atomic mass is 32.2. The van der Waals surface area contributed by atoms with Gasteiger partial charge in [0, 0.05) is 25.4 Å². The summed E-state index contributed by atoms with van der Waals surface area (Å²) in [5, 5.41) is 3.36. The highest BCUT2D eigenvalue weighted by Gasteiger charge is 2.41. The third kappa shape index (κ3) is 4.19. The molecule has 0 aromatic rings.